The molecule has 0 radical (unpaired) electrons. The zero-order chi connectivity index (χ0) is 36.0. The topological polar surface area (TPSA) is 69.9 Å². The van der Waals surface area contributed by atoms with Crippen LogP contribution in [0.5, 0.6) is 0 Å². The molecule has 0 saturated carbocycles. The molecule has 0 aliphatic heterocycles. The summed E-state index contributed by atoms with van der Waals surface area (Å²) in [6.45, 7) is 0. The molecule has 0 unspecified atom stereocenters. The van der Waals surface area contributed by atoms with Crippen molar-refractivity contribution in [2.24, 2.45) is 0 Å². The van der Waals surface area contributed by atoms with Gasteiger partial charge in [-0.2, -0.15) is 0 Å². The van der Waals surface area contributed by atoms with E-state index in [1.54, 1.807) is 0 Å². The normalized spacial score (nSPS) is 12.0. The summed E-state index contributed by atoms with van der Waals surface area (Å²) in [5.74, 6) is 1.72. The Balaban J connectivity index is 1.05. The summed E-state index contributed by atoms with van der Waals surface area (Å²) in [5, 5.41) is 9.16. The molecule has 4 heterocycles. The average Bonchev–Trinajstić information content (AvgIpc) is 3.93. The molecule has 12 aromatic rings. The van der Waals surface area contributed by atoms with Gasteiger partial charge in [0, 0.05) is 43.6 Å². The van der Waals surface area contributed by atoms with Crippen LogP contribution in [0.2, 0.25) is 0 Å². The Kier molecular flexibility index (Phi) is 6.24. The van der Waals surface area contributed by atoms with E-state index in [-0.39, 0.29) is 0 Å². The van der Waals surface area contributed by atoms with Gasteiger partial charge in [0.05, 0.1) is 22.1 Å². The Morgan fingerprint density at radius 2 is 0.945 bits per heavy atom. The smallest absolute Gasteiger partial charge is 0.164 e. The van der Waals surface area contributed by atoms with Crippen molar-refractivity contribution in [2.45, 2.75) is 0 Å². The summed E-state index contributed by atoms with van der Waals surface area (Å²) in [7, 11) is 0. The fraction of sp³-hybridized carbons (Fsp3) is 0. The van der Waals surface area contributed by atoms with E-state index in [9.17, 15) is 0 Å². The van der Waals surface area contributed by atoms with Crippen LogP contribution in [0, 0.1) is 0 Å². The van der Waals surface area contributed by atoms with Gasteiger partial charge in [-0.15, -0.1) is 0 Å². The van der Waals surface area contributed by atoms with E-state index in [1.807, 2.05) is 60.7 Å². The molecule has 0 bridgehead atoms. The molecule has 8 aromatic carbocycles. The van der Waals surface area contributed by atoms with Crippen LogP contribution in [-0.4, -0.2) is 19.5 Å². The number of nitrogens with zero attached hydrogens (tertiary/aromatic N) is 4. The van der Waals surface area contributed by atoms with Gasteiger partial charge in [0.1, 0.15) is 22.3 Å². The van der Waals surface area contributed by atoms with Gasteiger partial charge >= 0.3 is 0 Å². The van der Waals surface area contributed by atoms with Crippen LogP contribution in [0.1, 0.15) is 0 Å². The Bertz CT molecular complexity index is 3500. The maximum absolute atomic E-state index is 6.66. The SMILES string of the molecule is c1ccc(-c2nc(-c3ccc4c(c3)oc3ccccc34)nc(-c3ccc4c(c3)oc3cccc(-n5c6ccccc6c6c7ccccc7ccc65)c34)n2)cc1. The lowest BCUT2D eigenvalue weighted by Gasteiger charge is -2.10. The average molecular weight is 705 g/mol. The molecule has 0 aliphatic rings. The first kappa shape index (κ1) is 29.9. The molecule has 6 nitrogen and oxygen atoms in total. The minimum Gasteiger partial charge on any atom is -0.456 e. The largest absolute Gasteiger partial charge is 0.456 e. The van der Waals surface area contributed by atoms with Crippen LogP contribution < -0.4 is 0 Å². The molecule has 0 amide bonds. The summed E-state index contributed by atoms with van der Waals surface area (Å²) in [5.41, 5.74) is 9.19. The molecule has 0 spiro atoms. The second-order valence-corrected chi connectivity index (χ2v) is 14.0. The van der Waals surface area contributed by atoms with Gasteiger partial charge in [-0.25, -0.2) is 15.0 Å². The Morgan fingerprint density at radius 1 is 0.345 bits per heavy atom. The maximum Gasteiger partial charge on any atom is 0.164 e. The van der Waals surface area contributed by atoms with Crippen LogP contribution in [-0.2, 0) is 0 Å². The third-order valence-corrected chi connectivity index (χ3v) is 10.8. The molecule has 0 fully saturated rings. The molecular formula is C49H28N4O2. The van der Waals surface area contributed by atoms with E-state index >= 15 is 0 Å². The van der Waals surface area contributed by atoms with Gasteiger partial charge in [0.2, 0.25) is 0 Å². The van der Waals surface area contributed by atoms with Crippen molar-refractivity contribution in [3.8, 4) is 39.9 Å². The second-order valence-electron chi connectivity index (χ2n) is 14.0. The number of para-hydroxylation sites is 2. The van der Waals surface area contributed by atoms with Crippen molar-refractivity contribution in [3.05, 3.63) is 170 Å². The summed E-state index contributed by atoms with van der Waals surface area (Å²) in [6.07, 6.45) is 0. The van der Waals surface area contributed by atoms with E-state index in [0.29, 0.717) is 17.5 Å². The monoisotopic (exact) mass is 704 g/mol. The van der Waals surface area contributed by atoms with Crippen LogP contribution in [0.4, 0.5) is 0 Å². The lowest BCUT2D eigenvalue weighted by atomic mass is 10.0. The van der Waals surface area contributed by atoms with E-state index in [1.165, 1.54) is 21.5 Å². The van der Waals surface area contributed by atoms with Gasteiger partial charge in [0.15, 0.2) is 17.5 Å². The highest BCUT2D eigenvalue weighted by Gasteiger charge is 2.20. The molecule has 0 atom stereocenters. The molecule has 0 saturated heterocycles. The maximum atomic E-state index is 6.66. The predicted octanol–water partition coefficient (Wildman–Crippen LogP) is 12.9. The van der Waals surface area contributed by atoms with Crippen molar-refractivity contribution in [1.82, 2.24) is 19.5 Å². The first-order valence-electron chi connectivity index (χ1n) is 18.4. The van der Waals surface area contributed by atoms with Gasteiger partial charge in [-0.3, -0.25) is 0 Å². The van der Waals surface area contributed by atoms with Crippen molar-refractivity contribution < 1.29 is 8.83 Å². The summed E-state index contributed by atoms with van der Waals surface area (Å²) < 4.78 is 15.3. The van der Waals surface area contributed by atoms with Gasteiger partial charge in [-0.1, -0.05) is 115 Å². The molecule has 6 heteroatoms. The van der Waals surface area contributed by atoms with Crippen LogP contribution >= 0.6 is 0 Å². The minimum atomic E-state index is 0.561. The van der Waals surface area contributed by atoms with E-state index in [2.05, 4.69) is 114 Å². The highest BCUT2D eigenvalue weighted by atomic mass is 16.3. The molecule has 0 N–H and O–H groups in total. The highest BCUT2D eigenvalue weighted by molar-refractivity contribution is 6.22. The zero-order valence-electron chi connectivity index (χ0n) is 29.3. The highest BCUT2D eigenvalue weighted by Crippen LogP contribution is 2.41. The minimum absolute atomic E-state index is 0.561. The number of rotatable bonds is 4. The Hall–Kier alpha value is -7.57. The lowest BCUT2D eigenvalue weighted by molar-refractivity contribution is 0.668. The van der Waals surface area contributed by atoms with Gasteiger partial charge in [-0.05, 0) is 65.4 Å². The number of furan rings is 2. The standard InChI is InChI=1S/C49H28N4O2/c1-2-12-30(13-3-1)47-50-48(31-21-24-35-34-15-7-9-19-41(34)54-43(35)27-31)52-49(51-47)32-22-25-37-44(28-32)55-42-20-10-18-39(46(37)42)53-38-17-8-6-16-36(38)45-33-14-5-4-11-29(33)23-26-40(45)53/h1-28H. The van der Waals surface area contributed by atoms with Crippen molar-refractivity contribution in [3.63, 3.8) is 0 Å². The first-order chi connectivity index (χ1) is 27.2. The Morgan fingerprint density at radius 3 is 1.76 bits per heavy atom. The molecule has 0 aliphatic carbocycles. The van der Waals surface area contributed by atoms with Crippen molar-refractivity contribution >= 4 is 76.5 Å². The molecular weight excluding hydrogens is 677 g/mol. The van der Waals surface area contributed by atoms with Crippen molar-refractivity contribution in [2.75, 3.05) is 0 Å². The number of hydrogen-bond acceptors (Lipinski definition) is 5. The molecule has 4 aromatic heterocycles. The predicted molar refractivity (Wildman–Crippen MR) is 223 cm³/mol. The molecule has 256 valence electrons. The fourth-order valence-electron chi connectivity index (χ4n) is 8.35. The van der Waals surface area contributed by atoms with E-state index in [0.717, 1.165) is 77.3 Å². The van der Waals surface area contributed by atoms with Crippen LogP contribution in [0.25, 0.3) is 116 Å². The van der Waals surface area contributed by atoms with Crippen LogP contribution in [0.15, 0.2) is 179 Å². The van der Waals surface area contributed by atoms with Crippen LogP contribution in [0.3, 0.4) is 0 Å². The van der Waals surface area contributed by atoms with E-state index < -0.39 is 0 Å². The zero-order valence-corrected chi connectivity index (χ0v) is 29.3. The van der Waals surface area contributed by atoms with Crippen molar-refractivity contribution in [1.29, 1.82) is 0 Å². The summed E-state index contributed by atoms with van der Waals surface area (Å²) >= 11 is 0. The molecule has 55 heavy (non-hydrogen) atoms. The van der Waals surface area contributed by atoms with E-state index in [4.69, 9.17) is 23.8 Å². The number of aromatic nitrogens is 4. The van der Waals surface area contributed by atoms with Gasteiger partial charge in [0.25, 0.3) is 0 Å². The first-order valence-corrected chi connectivity index (χ1v) is 18.4. The summed E-state index contributed by atoms with van der Waals surface area (Å²) in [6, 6.07) is 58.6. The lowest BCUT2D eigenvalue weighted by Crippen LogP contribution is -2.00. The second kappa shape index (κ2) is 11.5. The van der Waals surface area contributed by atoms with Gasteiger partial charge < -0.3 is 13.4 Å². The summed E-state index contributed by atoms with van der Waals surface area (Å²) in [4.78, 5) is 15.1. The third kappa shape index (κ3) is 4.52. The number of hydrogen-bond donors (Lipinski definition) is 0. The molecule has 12 rings (SSSR count). The third-order valence-electron chi connectivity index (χ3n) is 10.8. The quantitative estimate of drug-likeness (QED) is 0.182. The fourth-order valence-corrected chi connectivity index (χ4v) is 8.35. The number of fused-ring (bicyclic) bond motifs is 11. The Labute approximate surface area is 313 Å². The number of benzene rings is 8.